The quantitative estimate of drug-likeness (QED) is 0.839. The average Bonchev–Trinajstić information content (AvgIpc) is 2.40. The van der Waals surface area contributed by atoms with Gasteiger partial charge in [0.1, 0.15) is 0 Å². The van der Waals surface area contributed by atoms with E-state index in [0.29, 0.717) is 18.3 Å². The number of hydrogen-bond acceptors (Lipinski definition) is 3. The van der Waals surface area contributed by atoms with Crippen molar-refractivity contribution in [3.8, 4) is 0 Å². The van der Waals surface area contributed by atoms with Crippen LogP contribution in [0.4, 0.5) is 0 Å². The molecule has 2 atom stereocenters. The normalized spacial score (nSPS) is 28.5. The fourth-order valence-corrected chi connectivity index (χ4v) is 4.21. The lowest BCUT2D eigenvalue weighted by Crippen LogP contribution is -2.38. The molecule has 0 spiro atoms. The fraction of sp³-hybridized carbons (Fsp3) is 0.929. The molecule has 0 radical (unpaired) electrons. The zero-order chi connectivity index (χ0) is 12.8. The van der Waals surface area contributed by atoms with Crippen LogP contribution in [0.2, 0.25) is 0 Å². The second kappa shape index (κ2) is 9.09. The van der Waals surface area contributed by atoms with Crippen molar-refractivity contribution in [3.63, 3.8) is 0 Å². The maximum Gasteiger partial charge on any atom is 0.220 e. The predicted octanol–water partition coefficient (Wildman–Crippen LogP) is 2.58. The molecule has 2 unspecified atom stereocenters. The van der Waals surface area contributed by atoms with E-state index in [9.17, 15) is 4.79 Å². The summed E-state index contributed by atoms with van der Waals surface area (Å²) in [6.07, 6.45) is 7.86. The zero-order valence-corrected chi connectivity index (χ0v) is 13.2. The highest BCUT2D eigenvalue weighted by molar-refractivity contribution is 7.99. The average molecular weight is 307 g/mol. The molecule has 2 rings (SSSR count). The Morgan fingerprint density at radius 1 is 1.16 bits per heavy atom. The Morgan fingerprint density at radius 2 is 1.84 bits per heavy atom. The van der Waals surface area contributed by atoms with Gasteiger partial charge in [-0.25, -0.2) is 0 Å². The summed E-state index contributed by atoms with van der Waals surface area (Å²) in [7, 11) is 0. The minimum Gasteiger partial charge on any atom is -0.356 e. The van der Waals surface area contributed by atoms with Gasteiger partial charge in [0.05, 0.1) is 0 Å². The molecule has 1 saturated heterocycles. The lowest BCUT2D eigenvalue weighted by Gasteiger charge is -2.28. The van der Waals surface area contributed by atoms with Gasteiger partial charge in [-0.05, 0) is 49.0 Å². The van der Waals surface area contributed by atoms with E-state index in [2.05, 4.69) is 5.32 Å². The van der Waals surface area contributed by atoms with Crippen LogP contribution < -0.4 is 11.1 Å². The Balaban J connectivity index is 0.00000180. The van der Waals surface area contributed by atoms with Gasteiger partial charge in [-0.1, -0.05) is 12.8 Å². The summed E-state index contributed by atoms with van der Waals surface area (Å²) in [5.74, 6) is 3.86. The Labute approximate surface area is 127 Å². The minimum atomic E-state index is 0. The number of carbonyl (C=O) groups excluding carboxylic acids is 1. The first-order valence-corrected chi connectivity index (χ1v) is 8.51. The van der Waals surface area contributed by atoms with Gasteiger partial charge >= 0.3 is 0 Å². The van der Waals surface area contributed by atoms with Crippen LogP contribution >= 0.6 is 24.2 Å². The highest BCUT2D eigenvalue weighted by atomic mass is 35.5. The van der Waals surface area contributed by atoms with Gasteiger partial charge in [0, 0.05) is 19.0 Å². The molecule has 19 heavy (non-hydrogen) atoms. The standard InChI is InChI=1S/C14H26N2OS.ClH/c15-13-4-2-1-3-12(13)9-14(17)16-10-11-5-7-18-8-6-11;/h11-13H,1-10,15H2,(H,16,17);1H. The molecule has 1 heterocycles. The van der Waals surface area contributed by atoms with Crippen molar-refractivity contribution >= 4 is 30.1 Å². The maximum atomic E-state index is 11.9. The summed E-state index contributed by atoms with van der Waals surface area (Å²) < 4.78 is 0. The molecule has 1 aliphatic heterocycles. The van der Waals surface area contributed by atoms with E-state index >= 15 is 0 Å². The smallest absolute Gasteiger partial charge is 0.220 e. The molecule has 5 heteroatoms. The monoisotopic (exact) mass is 306 g/mol. The van der Waals surface area contributed by atoms with Crippen molar-refractivity contribution in [3.05, 3.63) is 0 Å². The third-order valence-electron chi connectivity index (χ3n) is 4.34. The van der Waals surface area contributed by atoms with E-state index in [1.165, 1.54) is 37.2 Å². The third kappa shape index (κ3) is 5.92. The van der Waals surface area contributed by atoms with Crippen LogP contribution in [0.1, 0.15) is 44.9 Å². The zero-order valence-electron chi connectivity index (χ0n) is 11.6. The molecule has 1 amide bonds. The number of halogens is 1. The Bertz CT molecular complexity index is 272. The molecule has 2 fully saturated rings. The molecule has 1 saturated carbocycles. The first kappa shape index (κ1) is 17.1. The summed E-state index contributed by atoms with van der Waals surface area (Å²) in [5.41, 5.74) is 6.08. The molecule has 0 aromatic carbocycles. The minimum absolute atomic E-state index is 0. The summed E-state index contributed by atoms with van der Waals surface area (Å²) in [6, 6.07) is 0.246. The SMILES string of the molecule is Cl.NC1CCCCC1CC(=O)NCC1CCSCC1. The number of amides is 1. The largest absolute Gasteiger partial charge is 0.356 e. The highest BCUT2D eigenvalue weighted by Gasteiger charge is 2.24. The second-order valence-corrected chi connectivity index (χ2v) is 7.00. The molecule has 112 valence electrons. The van der Waals surface area contributed by atoms with Gasteiger partial charge in [0.25, 0.3) is 0 Å². The lowest BCUT2D eigenvalue weighted by molar-refractivity contribution is -0.122. The van der Waals surface area contributed by atoms with Crippen molar-refractivity contribution in [1.82, 2.24) is 5.32 Å². The molecule has 0 aromatic rings. The molecular weight excluding hydrogens is 280 g/mol. The number of carbonyl (C=O) groups is 1. The molecule has 0 aromatic heterocycles. The number of nitrogens with two attached hydrogens (primary N) is 1. The molecule has 3 nitrogen and oxygen atoms in total. The Morgan fingerprint density at radius 3 is 2.53 bits per heavy atom. The van der Waals surface area contributed by atoms with Crippen LogP contribution in [0.25, 0.3) is 0 Å². The van der Waals surface area contributed by atoms with Crippen molar-refractivity contribution in [2.75, 3.05) is 18.1 Å². The number of thioether (sulfide) groups is 1. The van der Waals surface area contributed by atoms with Gasteiger partial charge in [0.15, 0.2) is 0 Å². The Hall–Kier alpha value is 0.0700. The van der Waals surface area contributed by atoms with Crippen molar-refractivity contribution in [1.29, 1.82) is 0 Å². The van der Waals surface area contributed by atoms with Crippen molar-refractivity contribution in [2.45, 2.75) is 51.0 Å². The topological polar surface area (TPSA) is 55.1 Å². The molecule has 3 N–H and O–H groups in total. The first-order valence-electron chi connectivity index (χ1n) is 7.35. The van der Waals surface area contributed by atoms with Crippen molar-refractivity contribution < 1.29 is 4.79 Å². The van der Waals surface area contributed by atoms with Gasteiger partial charge in [-0.3, -0.25) is 4.79 Å². The van der Waals surface area contributed by atoms with Gasteiger partial charge in [-0.2, -0.15) is 11.8 Å². The van der Waals surface area contributed by atoms with E-state index in [4.69, 9.17) is 5.73 Å². The van der Waals surface area contributed by atoms with Crippen LogP contribution in [0.15, 0.2) is 0 Å². The summed E-state index contributed by atoms with van der Waals surface area (Å²) in [5, 5.41) is 3.12. The second-order valence-electron chi connectivity index (χ2n) is 5.77. The van der Waals surface area contributed by atoms with Crippen LogP contribution in [0.5, 0.6) is 0 Å². The summed E-state index contributed by atoms with van der Waals surface area (Å²) in [4.78, 5) is 11.9. The Kier molecular flexibility index (Phi) is 8.19. The summed E-state index contributed by atoms with van der Waals surface area (Å²) >= 11 is 2.03. The van der Waals surface area contributed by atoms with Crippen LogP contribution in [-0.2, 0) is 4.79 Å². The van der Waals surface area contributed by atoms with Crippen LogP contribution in [0, 0.1) is 11.8 Å². The third-order valence-corrected chi connectivity index (χ3v) is 5.39. The van der Waals surface area contributed by atoms with Gasteiger partial charge in [0.2, 0.25) is 5.91 Å². The van der Waals surface area contributed by atoms with Crippen LogP contribution in [0.3, 0.4) is 0 Å². The number of hydrogen-bond donors (Lipinski definition) is 2. The van der Waals surface area contributed by atoms with E-state index in [-0.39, 0.29) is 24.4 Å². The van der Waals surface area contributed by atoms with E-state index in [0.717, 1.165) is 19.4 Å². The maximum absolute atomic E-state index is 11.9. The molecule has 1 aliphatic carbocycles. The van der Waals surface area contributed by atoms with E-state index in [1.807, 2.05) is 11.8 Å². The predicted molar refractivity (Wildman–Crippen MR) is 84.9 cm³/mol. The number of nitrogens with one attached hydrogen (secondary N) is 1. The summed E-state index contributed by atoms with van der Waals surface area (Å²) in [6.45, 7) is 0.876. The van der Waals surface area contributed by atoms with Gasteiger partial charge in [-0.15, -0.1) is 12.4 Å². The highest BCUT2D eigenvalue weighted by Crippen LogP contribution is 2.26. The lowest BCUT2D eigenvalue weighted by atomic mass is 9.83. The molecular formula is C14H27ClN2OS. The van der Waals surface area contributed by atoms with Crippen LogP contribution in [-0.4, -0.2) is 30.0 Å². The first-order chi connectivity index (χ1) is 8.75. The molecule has 0 bridgehead atoms. The number of rotatable bonds is 4. The van der Waals surface area contributed by atoms with E-state index in [1.54, 1.807) is 0 Å². The van der Waals surface area contributed by atoms with E-state index < -0.39 is 0 Å². The fourth-order valence-electron chi connectivity index (χ4n) is 3.01. The van der Waals surface area contributed by atoms with Crippen molar-refractivity contribution in [2.24, 2.45) is 17.6 Å². The van der Waals surface area contributed by atoms with Gasteiger partial charge < -0.3 is 11.1 Å². The molecule has 2 aliphatic rings.